The highest BCUT2D eigenvalue weighted by atomic mass is 16.5. The monoisotopic (exact) mass is 432 g/mol. The van der Waals surface area contributed by atoms with Gasteiger partial charge in [0.1, 0.15) is 0 Å². The number of aliphatic imine (C=N–C) groups is 1. The molecule has 9 heteroatoms. The molecule has 172 valence electrons. The first-order valence-corrected chi connectivity index (χ1v) is 10.8. The molecule has 0 fully saturated rings. The highest BCUT2D eigenvalue weighted by Gasteiger charge is 2.29. The first kappa shape index (κ1) is 23.3. The van der Waals surface area contributed by atoms with Crippen LogP contribution in [-0.2, 0) is 27.5 Å². The zero-order valence-corrected chi connectivity index (χ0v) is 19.1. The zero-order chi connectivity index (χ0) is 22.6. The largest absolute Gasteiger partial charge is 0.469 e. The zero-order valence-electron chi connectivity index (χ0n) is 19.1. The number of ether oxygens (including phenoxy) is 2. The maximum absolute atomic E-state index is 11.8. The predicted octanol–water partition coefficient (Wildman–Crippen LogP) is 1.96. The Morgan fingerprint density at radius 1 is 1.39 bits per heavy atom. The Hall–Kier alpha value is -2.36. The maximum Gasteiger partial charge on any atom is 0.306 e. The molecular formula is C22H36N6O3. The van der Waals surface area contributed by atoms with Crippen LogP contribution in [0.1, 0.15) is 62.3 Å². The normalized spacial score (nSPS) is 19.1. The van der Waals surface area contributed by atoms with E-state index in [-0.39, 0.29) is 17.4 Å². The second-order valence-electron chi connectivity index (χ2n) is 9.22. The predicted molar refractivity (Wildman–Crippen MR) is 121 cm³/mol. The first-order chi connectivity index (χ1) is 14.7. The minimum Gasteiger partial charge on any atom is -0.469 e. The fourth-order valence-electron chi connectivity index (χ4n) is 4.26. The van der Waals surface area contributed by atoms with E-state index in [0.717, 1.165) is 37.9 Å². The van der Waals surface area contributed by atoms with Gasteiger partial charge in [-0.25, -0.2) is 4.99 Å². The van der Waals surface area contributed by atoms with Crippen LogP contribution in [0.25, 0.3) is 0 Å². The summed E-state index contributed by atoms with van der Waals surface area (Å²) < 4.78 is 10.5. The molecule has 0 spiro atoms. The van der Waals surface area contributed by atoms with Crippen LogP contribution in [0.2, 0.25) is 0 Å². The number of carbonyl (C=O) groups excluding carboxylic acids is 1. The van der Waals surface area contributed by atoms with Gasteiger partial charge in [-0.05, 0) is 47.9 Å². The Morgan fingerprint density at radius 3 is 2.77 bits per heavy atom. The molecule has 0 saturated heterocycles. The summed E-state index contributed by atoms with van der Waals surface area (Å²) in [5, 5.41) is 1.29. The molecular weight excluding hydrogens is 396 g/mol. The van der Waals surface area contributed by atoms with Gasteiger partial charge in [0.2, 0.25) is 5.96 Å². The van der Waals surface area contributed by atoms with Crippen molar-refractivity contribution in [3.63, 3.8) is 0 Å². The molecule has 3 rings (SSSR count). The van der Waals surface area contributed by atoms with E-state index in [0.29, 0.717) is 25.6 Å². The van der Waals surface area contributed by atoms with Gasteiger partial charge in [-0.15, -0.1) is 0 Å². The number of esters is 1. The smallest absolute Gasteiger partial charge is 0.306 e. The summed E-state index contributed by atoms with van der Waals surface area (Å²) in [6.45, 7) is 7.28. The van der Waals surface area contributed by atoms with E-state index in [1.54, 1.807) is 7.05 Å². The summed E-state index contributed by atoms with van der Waals surface area (Å²) in [5.41, 5.74) is 13.6. The van der Waals surface area contributed by atoms with E-state index in [1.165, 1.54) is 29.0 Å². The minimum atomic E-state index is -0.168. The molecule has 0 bridgehead atoms. The SMILES string of the molecule is COC(=O)CC(C)(C)CCN1CCCC(N=C(N)NN(C)N)c2cc3c(cc21)COC3. The molecule has 0 radical (unpaired) electrons. The van der Waals surface area contributed by atoms with Crippen LogP contribution in [0.4, 0.5) is 5.69 Å². The van der Waals surface area contributed by atoms with Gasteiger partial charge in [-0.3, -0.25) is 16.1 Å². The third-order valence-electron chi connectivity index (χ3n) is 5.96. The van der Waals surface area contributed by atoms with Crippen molar-refractivity contribution in [2.45, 2.75) is 58.8 Å². The van der Waals surface area contributed by atoms with Crippen molar-refractivity contribution in [1.82, 2.24) is 10.5 Å². The van der Waals surface area contributed by atoms with Crippen LogP contribution in [0.3, 0.4) is 0 Å². The average molecular weight is 433 g/mol. The van der Waals surface area contributed by atoms with Crippen LogP contribution < -0.4 is 21.9 Å². The lowest BCUT2D eigenvalue weighted by Crippen LogP contribution is -2.47. The van der Waals surface area contributed by atoms with Crippen molar-refractivity contribution < 1.29 is 14.3 Å². The van der Waals surface area contributed by atoms with Crippen molar-refractivity contribution in [3.8, 4) is 0 Å². The number of anilines is 1. The van der Waals surface area contributed by atoms with Gasteiger partial charge in [0.25, 0.3) is 0 Å². The van der Waals surface area contributed by atoms with Gasteiger partial charge < -0.3 is 20.1 Å². The van der Waals surface area contributed by atoms with Gasteiger partial charge in [-0.2, -0.15) is 5.12 Å². The topological polar surface area (TPSA) is 118 Å². The molecule has 1 unspecified atom stereocenters. The molecule has 2 aliphatic rings. The van der Waals surface area contributed by atoms with Gasteiger partial charge in [0.05, 0.1) is 32.8 Å². The van der Waals surface area contributed by atoms with Crippen molar-refractivity contribution in [2.24, 2.45) is 22.0 Å². The highest BCUT2D eigenvalue weighted by Crippen LogP contribution is 2.40. The third kappa shape index (κ3) is 6.09. The number of carbonyl (C=O) groups is 1. The maximum atomic E-state index is 11.8. The molecule has 5 N–H and O–H groups in total. The van der Waals surface area contributed by atoms with Gasteiger partial charge in [-0.1, -0.05) is 13.8 Å². The number of hydrogen-bond acceptors (Lipinski definition) is 7. The van der Waals surface area contributed by atoms with E-state index in [1.807, 2.05) is 0 Å². The number of guanidine groups is 1. The second kappa shape index (κ2) is 9.84. The van der Waals surface area contributed by atoms with E-state index < -0.39 is 0 Å². The van der Waals surface area contributed by atoms with Crippen LogP contribution in [0.15, 0.2) is 17.1 Å². The third-order valence-corrected chi connectivity index (χ3v) is 5.96. The molecule has 1 aromatic carbocycles. The first-order valence-electron chi connectivity index (χ1n) is 10.8. The number of benzene rings is 1. The summed E-state index contributed by atoms with van der Waals surface area (Å²) in [4.78, 5) is 18.9. The molecule has 1 aromatic rings. The van der Waals surface area contributed by atoms with Crippen molar-refractivity contribution in [2.75, 3.05) is 32.1 Å². The molecule has 0 aliphatic carbocycles. The van der Waals surface area contributed by atoms with Crippen LogP contribution in [-0.4, -0.2) is 44.3 Å². The van der Waals surface area contributed by atoms with E-state index in [4.69, 9.17) is 26.0 Å². The lowest BCUT2D eigenvalue weighted by Gasteiger charge is -2.31. The Balaban J connectivity index is 1.87. The lowest BCUT2D eigenvalue weighted by atomic mass is 9.85. The quantitative estimate of drug-likeness (QED) is 0.197. The summed E-state index contributed by atoms with van der Waals surface area (Å²) in [7, 11) is 3.11. The number of methoxy groups -OCH3 is 1. The molecule has 9 nitrogen and oxygen atoms in total. The highest BCUT2D eigenvalue weighted by molar-refractivity contribution is 5.78. The number of hydrogen-bond donors (Lipinski definition) is 3. The molecule has 0 aromatic heterocycles. The minimum absolute atomic E-state index is 0.0542. The van der Waals surface area contributed by atoms with Crippen molar-refractivity contribution >= 4 is 17.6 Å². The summed E-state index contributed by atoms with van der Waals surface area (Å²) in [6.07, 6.45) is 3.17. The molecule has 2 heterocycles. The van der Waals surface area contributed by atoms with Gasteiger partial charge in [0, 0.05) is 31.4 Å². The van der Waals surface area contributed by atoms with E-state index >= 15 is 0 Å². The molecule has 0 amide bonds. The lowest BCUT2D eigenvalue weighted by molar-refractivity contribution is -0.142. The number of hydrazine groups is 2. The number of rotatable bonds is 7. The second-order valence-corrected chi connectivity index (χ2v) is 9.22. The van der Waals surface area contributed by atoms with E-state index in [2.05, 4.69) is 36.3 Å². The number of nitrogens with one attached hydrogen (secondary N) is 1. The summed E-state index contributed by atoms with van der Waals surface area (Å²) in [5.74, 6) is 5.78. The van der Waals surface area contributed by atoms with Gasteiger partial charge in [0.15, 0.2) is 0 Å². The standard InChI is InChI=1S/C22H36N6O3/c1-22(2,12-20(29)30-4)7-9-28-8-5-6-18(25-21(23)26-27(3)24)17-10-15-13-31-14-16(15)11-19(17)28/h10-11,18H,5-9,12-14,24H2,1-4H3,(H3,23,25,26). The van der Waals surface area contributed by atoms with Crippen LogP contribution in [0.5, 0.6) is 0 Å². The average Bonchev–Trinajstić information content (AvgIpc) is 3.08. The molecule has 31 heavy (non-hydrogen) atoms. The van der Waals surface area contributed by atoms with Crippen molar-refractivity contribution in [1.29, 1.82) is 0 Å². The number of fused-ring (bicyclic) bond motifs is 2. The fourth-order valence-corrected chi connectivity index (χ4v) is 4.26. The Kier molecular flexibility index (Phi) is 7.40. The molecule has 0 saturated carbocycles. The summed E-state index contributed by atoms with van der Waals surface area (Å²) in [6, 6.07) is 4.42. The Labute approximate surface area is 184 Å². The molecule has 1 atom stereocenters. The van der Waals surface area contributed by atoms with Gasteiger partial charge >= 0.3 is 5.97 Å². The van der Waals surface area contributed by atoms with Crippen molar-refractivity contribution in [3.05, 3.63) is 28.8 Å². The van der Waals surface area contributed by atoms with E-state index in [9.17, 15) is 4.79 Å². The summed E-state index contributed by atoms with van der Waals surface area (Å²) >= 11 is 0. The number of nitrogens with zero attached hydrogens (tertiary/aromatic N) is 3. The van der Waals surface area contributed by atoms with Crippen LogP contribution in [0, 0.1) is 5.41 Å². The Bertz CT molecular complexity index is 824. The number of nitrogens with two attached hydrogens (primary N) is 2. The fraction of sp³-hybridized carbons (Fsp3) is 0.636. The van der Waals surface area contributed by atoms with Crippen LogP contribution >= 0.6 is 0 Å². The Morgan fingerprint density at radius 2 is 2.10 bits per heavy atom. The molecule has 2 aliphatic heterocycles.